The van der Waals surface area contributed by atoms with Crippen LogP contribution in [0.2, 0.25) is 0 Å². The van der Waals surface area contributed by atoms with Crippen LogP contribution in [0.4, 0.5) is 0 Å². The van der Waals surface area contributed by atoms with Crippen molar-refractivity contribution in [2.24, 2.45) is 23.2 Å². The number of methoxy groups -OCH3 is 3. The summed E-state index contributed by atoms with van der Waals surface area (Å²) in [5.41, 5.74) is 2.12. The molecule has 0 spiro atoms. The summed E-state index contributed by atoms with van der Waals surface area (Å²) in [6, 6.07) is 11.6. The third-order valence-corrected chi connectivity index (χ3v) is 9.22. The normalized spacial score (nSPS) is 30.0. The zero-order chi connectivity index (χ0) is 24.9. The van der Waals surface area contributed by atoms with E-state index in [0.29, 0.717) is 24.8 Å². The SMILES string of the molecule is COc1ccc(OCC2c3cc(OC)c(OC)cc3CCN2C(=O)C23CC4CC(CC(C4)C2)C3)cc1. The first kappa shape index (κ1) is 23.5. The third kappa shape index (κ3) is 3.99. The molecule has 4 fully saturated rings. The molecule has 0 N–H and O–H groups in total. The second-order valence-electron chi connectivity index (χ2n) is 11.4. The summed E-state index contributed by atoms with van der Waals surface area (Å²) in [6.07, 6.45) is 8.01. The smallest absolute Gasteiger partial charge is 0.229 e. The fourth-order valence-electron chi connectivity index (χ4n) is 7.98. The highest BCUT2D eigenvalue weighted by molar-refractivity contribution is 5.84. The van der Waals surface area contributed by atoms with Gasteiger partial charge in [0.25, 0.3) is 0 Å². The van der Waals surface area contributed by atoms with E-state index in [1.54, 1.807) is 21.3 Å². The highest BCUT2D eigenvalue weighted by Crippen LogP contribution is 2.61. The number of hydrogen-bond donors (Lipinski definition) is 0. The summed E-state index contributed by atoms with van der Waals surface area (Å²) in [5.74, 6) is 5.53. The number of fused-ring (bicyclic) bond motifs is 1. The van der Waals surface area contributed by atoms with E-state index in [0.717, 1.165) is 66.2 Å². The van der Waals surface area contributed by atoms with Gasteiger partial charge in [-0.2, -0.15) is 0 Å². The zero-order valence-electron chi connectivity index (χ0n) is 21.6. The van der Waals surface area contributed by atoms with Gasteiger partial charge in [-0.25, -0.2) is 0 Å². The van der Waals surface area contributed by atoms with Crippen molar-refractivity contribution in [2.75, 3.05) is 34.5 Å². The molecule has 2 aromatic rings. The topological polar surface area (TPSA) is 57.2 Å². The van der Waals surface area contributed by atoms with Crippen molar-refractivity contribution < 1.29 is 23.7 Å². The first-order valence-corrected chi connectivity index (χ1v) is 13.3. The Balaban J connectivity index is 1.33. The van der Waals surface area contributed by atoms with E-state index in [-0.39, 0.29) is 11.5 Å². The zero-order valence-corrected chi connectivity index (χ0v) is 21.6. The summed E-state index contributed by atoms with van der Waals surface area (Å²) in [6.45, 7) is 1.10. The van der Waals surface area contributed by atoms with E-state index in [1.807, 2.05) is 24.3 Å². The molecule has 36 heavy (non-hydrogen) atoms. The Bertz CT molecular complexity index is 1090. The quantitative estimate of drug-likeness (QED) is 0.517. The number of hydrogen-bond acceptors (Lipinski definition) is 5. The van der Waals surface area contributed by atoms with E-state index >= 15 is 0 Å². The summed E-state index contributed by atoms with van der Waals surface area (Å²) in [4.78, 5) is 16.6. The summed E-state index contributed by atoms with van der Waals surface area (Å²) in [5, 5.41) is 0. The van der Waals surface area contributed by atoms with Crippen molar-refractivity contribution in [1.82, 2.24) is 4.90 Å². The first-order chi connectivity index (χ1) is 17.5. The molecule has 0 saturated heterocycles. The van der Waals surface area contributed by atoms with Gasteiger partial charge < -0.3 is 23.8 Å². The number of nitrogens with zero attached hydrogens (tertiary/aromatic N) is 1. The van der Waals surface area contributed by atoms with Gasteiger partial charge in [0.15, 0.2) is 11.5 Å². The van der Waals surface area contributed by atoms with Crippen LogP contribution in [0, 0.1) is 23.2 Å². The van der Waals surface area contributed by atoms with Crippen molar-refractivity contribution in [3.63, 3.8) is 0 Å². The molecule has 4 bridgehead atoms. The molecule has 1 amide bonds. The Labute approximate surface area is 213 Å². The number of rotatable bonds is 7. The lowest BCUT2D eigenvalue weighted by atomic mass is 9.49. The Morgan fingerprint density at radius 1 is 0.861 bits per heavy atom. The first-order valence-electron chi connectivity index (χ1n) is 13.3. The van der Waals surface area contributed by atoms with Gasteiger partial charge in [-0.3, -0.25) is 4.79 Å². The molecule has 4 aliphatic carbocycles. The van der Waals surface area contributed by atoms with Crippen molar-refractivity contribution in [2.45, 2.75) is 51.0 Å². The minimum atomic E-state index is -0.179. The van der Waals surface area contributed by atoms with Gasteiger partial charge in [-0.1, -0.05) is 0 Å². The molecule has 1 heterocycles. The van der Waals surface area contributed by atoms with Crippen LogP contribution in [-0.4, -0.2) is 45.3 Å². The highest BCUT2D eigenvalue weighted by atomic mass is 16.5. The molecular weight excluding hydrogens is 454 g/mol. The maximum absolute atomic E-state index is 14.4. The standard InChI is InChI=1S/C30H37NO5/c1-33-23-4-6-24(7-5-23)36-18-26-25-14-28(35-3)27(34-2)13-22(25)8-9-31(26)29(32)30-15-19-10-20(16-30)12-21(11-19)17-30/h4-7,13-14,19-21,26H,8-12,15-18H2,1-3H3. The molecule has 4 saturated carbocycles. The molecule has 192 valence electrons. The van der Waals surface area contributed by atoms with Crippen molar-refractivity contribution in [3.8, 4) is 23.0 Å². The monoisotopic (exact) mass is 491 g/mol. The fourth-order valence-corrected chi connectivity index (χ4v) is 7.98. The van der Waals surface area contributed by atoms with Crippen molar-refractivity contribution in [3.05, 3.63) is 47.5 Å². The summed E-state index contributed by atoms with van der Waals surface area (Å²) < 4.78 is 22.8. The molecule has 5 aliphatic rings. The van der Waals surface area contributed by atoms with Crippen LogP contribution >= 0.6 is 0 Å². The van der Waals surface area contributed by atoms with Gasteiger partial charge in [0, 0.05) is 6.54 Å². The molecule has 1 aliphatic heterocycles. The van der Waals surface area contributed by atoms with Gasteiger partial charge in [0.05, 0.1) is 32.8 Å². The predicted molar refractivity (Wildman–Crippen MR) is 137 cm³/mol. The van der Waals surface area contributed by atoms with Crippen LogP contribution in [0.15, 0.2) is 36.4 Å². The molecule has 0 aromatic heterocycles. The van der Waals surface area contributed by atoms with E-state index in [2.05, 4.69) is 17.0 Å². The van der Waals surface area contributed by atoms with Crippen molar-refractivity contribution >= 4 is 5.91 Å². The molecule has 0 radical (unpaired) electrons. The number of amides is 1. The Hall–Kier alpha value is -2.89. The lowest BCUT2D eigenvalue weighted by Gasteiger charge is -2.57. The predicted octanol–water partition coefficient (Wildman–Crippen LogP) is 5.43. The number of benzene rings is 2. The van der Waals surface area contributed by atoms with Crippen LogP contribution < -0.4 is 18.9 Å². The molecule has 6 nitrogen and oxygen atoms in total. The number of ether oxygens (including phenoxy) is 4. The Morgan fingerprint density at radius 3 is 2.03 bits per heavy atom. The van der Waals surface area contributed by atoms with Gasteiger partial charge >= 0.3 is 0 Å². The van der Waals surface area contributed by atoms with E-state index in [4.69, 9.17) is 18.9 Å². The number of carbonyl (C=O) groups excluding carboxylic acids is 1. The van der Waals surface area contributed by atoms with Gasteiger partial charge in [0.2, 0.25) is 5.91 Å². The lowest BCUT2D eigenvalue weighted by Crippen LogP contribution is -2.56. The summed E-state index contributed by atoms with van der Waals surface area (Å²) >= 11 is 0. The number of carbonyl (C=O) groups is 1. The molecule has 1 unspecified atom stereocenters. The molecular formula is C30H37NO5. The second-order valence-corrected chi connectivity index (χ2v) is 11.4. The fraction of sp³-hybridized carbons (Fsp3) is 0.567. The highest BCUT2D eigenvalue weighted by Gasteiger charge is 2.56. The van der Waals surface area contributed by atoms with E-state index in [9.17, 15) is 4.79 Å². The third-order valence-electron chi connectivity index (χ3n) is 9.22. The minimum absolute atomic E-state index is 0.170. The second kappa shape index (κ2) is 9.20. The van der Waals surface area contributed by atoms with E-state index < -0.39 is 0 Å². The Morgan fingerprint density at radius 2 is 1.44 bits per heavy atom. The summed E-state index contributed by atoms with van der Waals surface area (Å²) in [7, 11) is 4.99. The molecule has 1 atom stereocenters. The maximum atomic E-state index is 14.4. The van der Waals surface area contributed by atoms with E-state index in [1.165, 1.54) is 24.8 Å². The Kier molecular flexibility index (Phi) is 6.01. The largest absolute Gasteiger partial charge is 0.497 e. The molecule has 2 aromatic carbocycles. The van der Waals surface area contributed by atoms with Gasteiger partial charge in [-0.05, 0) is 110 Å². The maximum Gasteiger partial charge on any atom is 0.229 e. The van der Waals surface area contributed by atoms with Gasteiger partial charge in [-0.15, -0.1) is 0 Å². The van der Waals surface area contributed by atoms with Crippen LogP contribution in [0.3, 0.4) is 0 Å². The van der Waals surface area contributed by atoms with Crippen LogP contribution in [-0.2, 0) is 11.2 Å². The van der Waals surface area contributed by atoms with Crippen LogP contribution in [0.5, 0.6) is 23.0 Å². The van der Waals surface area contributed by atoms with Crippen LogP contribution in [0.25, 0.3) is 0 Å². The van der Waals surface area contributed by atoms with Gasteiger partial charge in [0.1, 0.15) is 18.1 Å². The average Bonchev–Trinajstić information content (AvgIpc) is 2.90. The molecule has 6 heteroatoms. The lowest BCUT2D eigenvalue weighted by molar-refractivity contribution is -0.161. The van der Waals surface area contributed by atoms with Crippen LogP contribution in [0.1, 0.15) is 55.7 Å². The minimum Gasteiger partial charge on any atom is -0.497 e. The van der Waals surface area contributed by atoms with Crippen molar-refractivity contribution in [1.29, 1.82) is 0 Å². The average molecular weight is 492 g/mol. The molecule has 7 rings (SSSR count).